The van der Waals surface area contributed by atoms with E-state index < -0.39 is 0 Å². The molecule has 0 saturated heterocycles. The molecule has 1 nitrogen and oxygen atoms in total. The van der Waals surface area contributed by atoms with Gasteiger partial charge in [0.05, 0.1) is 7.85 Å². The van der Waals surface area contributed by atoms with E-state index in [1.807, 2.05) is 0 Å². The number of hydrogen-bond acceptors (Lipinski definition) is 1. The molecule has 3 heteroatoms. The van der Waals surface area contributed by atoms with Crippen molar-refractivity contribution in [3.05, 3.63) is 29.8 Å². The standard InChI is InChI=1S/C8H6B2O/c9-5-8(11)6-3-1-2-4-7(6)10/h1-4H,5H2. The molecule has 0 bridgehead atoms. The van der Waals surface area contributed by atoms with Crippen LogP contribution in [-0.2, 0) is 0 Å². The van der Waals surface area contributed by atoms with Crippen LogP contribution in [-0.4, -0.2) is 21.5 Å². The van der Waals surface area contributed by atoms with E-state index >= 15 is 0 Å². The van der Waals surface area contributed by atoms with Crippen molar-refractivity contribution in [2.75, 3.05) is 0 Å². The molecule has 0 saturated carbocycles. The summed E-state index contributed by atoms with van der Waals surface area (Å²) < 4.78 is 0. The van der Waals surface area contributed by atoms with Crippen LogP contribution < -0.4 is 5.46 Å². The van der Waals surface area contributed by atoms with Crippen molar-refractivity contribution in [2.45, 2.75) is 6.32 Å². The molecule has 1 aromatic rings. The average molecular weight is 140 g/mol. The van der Waals surface area contributed by atoms with Crippen molar-refractivity contribution < 1.29 is 4.79 Å². The molecule has 0 unspecified atom stereocenters. The SMILES string of the molecule is [B]CC(=O)c1ccccc1[B]. The third-order valence-corrected chi connectivity index (χ3v) is 1.45. The monoisotopic (exact) mass is 140 g/mol. The predicted octanol–water partition coefficient (Wildman–Crippen LogP) is 0.250. The van der Waals surface area contributed by atoms with E-state index in [4.69, 9.17) is 15.7 Å². The van der Waals surface area contributed by atoms with Crippen LogP contribution in [0.1, 0.15) is 10.4 Å². The minimum Gasteiger partial charge on any atom is -0.295 e. The Morgan fingerprint density at radius 2 is 2.00 bits per heavy atom. The van der Waals surface area contributed by atoms with E-state index in [-0.39, 0.29) is 12.1 Å². The fourth-order valence-electron chi connectivity index (χ4n) is 0.861. The van der Waals surface area contributed by atoms with Gasteiger partial charge in [-0.3, -0.25) is 4.79 Å². The van der Waals surface area contributed by atoms with Crippen molar-refractivity contribution in [1.29, 1.82) is 0 Å². The zero-order valence-electron chi connectivity index (χ0n) is 6.08. The maximum atomic E-state index is 11.0. The second-order valence-corrected chi connectivity index (χ2v) is 2.21. The summed E-state index contributed by atoms with van der Waals surface area (Å²) in [5, 5.41) is 0. The number of hydrogen-bond donors (Lipinski definition) is 0. The van der Waals surface area contributed by atoms with Gasteiger partial charge in [0.2, 0.25) is 0 Å². The Kier molecular flexibility index (Phi) is 2.53. The lowest BCUT2D eigenvalue weighted by atomic mass is 9.85. The van der Waals surface area contributed by atoms with E-state index in [1.54, 1.807) is 24.3 Å². The summed E-state index contributed by atoms with van der Waals surface area (Å²) in [6, 6.07) is 6.90. The molecule has 4 radical (unpaired) electrons. The van der Waals surface area contributed by atoms with Crippen LogP contribution in [0.5, 0.6) is 0 Å². The van der Waals surface area contributed by atoms with Crippen LogP contribution in [0.4, 0.5) is 0 Å². The number of Topliss-reactive ketones (excluding diaryl/α,β-unsaturated/α-hetero) is 1. The van der Waals surface area contributed by atoms with Gasteiger partial charge in [0, 0.05) is 5.56 Å². The molecule has 1 aromatic carbocycles. The Labute approximate surface area is 68.6 Å². The van der Waals surface area contributed by atoms with E-state index in [2.05, 4.69) is 0 Å². The normalized spacial score (nSPS) is 9.45. The van der Waals surface area contributed by atoms with Crippen molar-refractivity contribution >= 4 is 26.9 Å². The van der Waals surface area contributed by atoms with Crippen LogP contribution in [0.3, 0.4) is 0 Å². The molecule has 0 spiro atoms. The number of carbonyl (C=O) groups excluding carboxylic acids is 1. The Balaban J connectivity index is 3.03. The molecule has 0 atom stereocenters. The van der Waals surface area contributed by atoms with Gasteiger partial charge in [-0.1, -0.05) is 29.7 Å². The van der Waals surface area contributed by atoms with E-state index in [1.165, 1.54) is 0 Å². The molecule has 0 aliphatic carbocycles. The quantitative estimate of drug-likeness (QED) is 0.424. The predicted molar refractivity (Wildman–Crippen MR) is 46.7 cm³/mol. The Bertz CT molecular complexity index is 271. The lowest BCUT2D eigenvalue weighted by molar-refractivity contribution is 0.101. The first kappa shape index (κ1) is 8.12. The summed E-state index contributed by atoms with van der Waals surface area (Å²) in [5.41, 5.74) is 0.998. The van der Waals surface area contributed by atoms with Crippen LogP contribution in [0.25, 0.3) is 0 Å². The molecule has 50 valence electrons. The van der Waals surface area contributed by atoms with Gasteiger partial charge in [0.25, 0.3) is 0 Å². The molecule has 0 fully saturated rings. The lowest BCUT2D eigenvalue weighted by Gasteiger charge is -2.01. The number of carbonyl (C=O) groups is 1. The van der Waals surface area contributed by atoms with Gasteiger partial charge >= 0.3 is 0 Å². The molecule has 1 rings (SSSR count). The third-order valence-electron chi connectivity index (χ3n) is 1.45. The van der Waals surface area contributed by atoms with Crippen LogP contribution in [0.15, 0.2) is 24.3 Å². The molecule has 0 heterocycles. The smallest absolute Gasteiger partial charge is 0.153 e. The minimum absolute atomic E-state index is 0.00815. The first-order valence-corrected chi connectivity index (χ1v) is 3.33. The molecule has 0 aliphatic rings. The highest BCUT2D eigenvalue weighted by atomic mass is 16.1. The first-order chi connectivity index (χ1) is 5.25. The summed E-state index contributed by atoms with van der Waals surface area (Å²) >= 11 is 0. The number of benzene rings is 1. The minimum atomic E-state index is -0.122. The average Bonchev–Trinajstić information content (AvgIpc) is 2.04. The molecular formula is C8H6B2O. The van der Waals surface area contributed by atoms with Crippen LogP contribution in [0.2, 0.25) is 6.32 Å². The molecule has 0 aliphatic heterocycles. The lowest BCUT2D eigenvalue weighted by Crippen LogP contribution is -2.14. The van der Waals surface area contributed by atoms with Gasteiger partial charge < -0.3 is 0 Å². The summed E-state index contributed by atoms with van der Waals surface area (Å²) in [4.78, 5) is 11.0. The van der Waals surface area contributed by atoms with Gasteiger partial charge in [-0.25, -0.2) is 0 Å². The maximum absolute atomic E-state index is 11.0. The van der Waals surface area contributed by atoms with Gasteiger partial charge in [-0.05, 0) is 6.32 Å². The van der Waals surface area contributed by atoms with Crippen molar-refractivity contribution in [3.63, 3.8) is 0 Å². The highest BCUT2D eigenvalue weighted by Crippen LogP contribution is 1.97. The molecule has 0 amide bonds. The number of ketones is 1. The van der Waals surface area contributed by atoms with Gasteiger partial charge in [0.1, 0.15) is 7.85 Å². The number of rotatable bonds is 2. The summed E-state index contributed by atoms with van der Waals surface area (Å²) in [5.74, 6) is -0.122. The molecule has 0 aromatic heterocycles. The van der Waals surface area contributed by atoms with Crippen molar-refractivity contribution in [1.82, 2.24) is 0 Å². The van der Waals surface area contributed by atoms with Crippen molar-refractivity contribution in [2.24, 2.45) is 0 Å². The topological polar surface area (TPSA) is 17.1 Å². The van der Waals surface area contributed by atoms with E-state index in [0.29, 0.717) is 11.0 Å². The first-order valence-electron chi connectivity index (χ1n) is 3.33. The van der Waals surface area contributed by atoms with Crippen LogP contribution in [0, 0.1) is 0 Å². The van der Waals surface area contributed by atoms with Gasteiger partial charge in [0.15, 0.2) is 5.78 Å². The van der Waals surface area contributed by atoms with Gasteiger partial charge in [-0.2, -0.15) is 0 Å². The maximum Gasteiger partial charge on any atom is 0.153 e. The Hall–Kier alpha value is -0.980. The Morgan fingerprint density at radius 1 is 1.36 bits per heavy atom. The largest absolute Gasteiger partial charge is 0.295 e. The van der Waals surface area contributed by atoms with E-state index in [9.17, 15) is 4.79 Å². The Morgan fingerprint density at radius 3 is 2.55 bits per heavy atom. The fourth-order valence-corrected chi connectivity index (χ4v) is 0.861. The molecule has 0 N–H and O–H groups in total. The summed E-state index contributed by atoms with van der Waals surface area (Å²) in [6.45, 7) is 0. The summed E-state index contributed by atoms with van der Waals surface area (Å²) in [6.07, 6.45) is 0.00815. The molecule has 11 heavy (non-hydrogen) atoms. The van der Waals surface area contributed by atoms with E-state index in [0.717, 1.165) is 0 Å². The zero-order valence-corrected chi connectivity index (χ0v) is 6.08. The molecular weight excluding hydrogens is 134 g/mol. The second kappa shape index (κ2) is 3.42. The summed E-state index contributed by atoms with van der Waals surface area (Å²) in [7, 11) is 10.7. The highest BCUT2D eigenvalue weighted by Gasteiger charge is 2.03. The second-order valence-electron chi connectivity index (χ2n) is 2.21. The van der Waals surface area contributed by atoms with Crippen molar-refractivity contribution in [3.8, 4) is 0 Å². The third kappa shape index (κ3) is 1.73. The van der Waals surface area contributed by atoms with Gasteiger partial charge in [-0.15, -0.1) is 0 Å². The zero-order chi connectivity index (χ0) is 8.27. The fraction of sp³-hybridized carbons (Fsp3) is 0.125. The van der Waals surface area contributed by atoms with Crippen LogP contribution >= 0.6 is 0 Å². The highest BCUT2D eigenvalue weighted by molar-refractivity contribution is 6.38.